The van der Waals surface area contributed by atoms with Gasteiger partial charge in [0, 0.05) is 11.8 Å². The van der Waals surface area contributed by atoms with Crippen molar-refractivity contribution in [3.8, 4) is 67.8 Å². The van der Waals surface area contributed by atoms with Gasteiger partial charge >= 0.3 is 382 Å². The Balaban J connectivity index is 0.989. The number of imidazole rings is 1. The first-order valence-electron chi connectivity index (χ1n) is 30.3. The van der Waals surface area contributed by atoms with Gasteiger partial charge < -0.3 is 0 Å². The first-order chi connectivity index (χ1) is 41.9. The molecule has 0 saturated heterocycles. The van der Waals surface area contributed by atoms with E-state index in [4.69, 9.17) is 17.9 Å². The SMILES string of the molecule is [2H]c1c([2H])c([2H])c(-c2cc(-n3c4ccccc4c4ccccc43)cc(-c3c([2H])c([2H])c([2H])c([2H])c3[2H])c2-n2[c](=[Pt])n(-c3cccc(Oc4ccc5c6ccccc6n(-c6cc(C(C)(C)C)c(-c7ccccc7)cn6)c5c4)c3)c3ccccc32)c([2H])c1[2H]. The Morgan fingerprint density at radius 3 is 1.53 bits per heavy atom. The fourth-order valence-electron chi connectivity index (χ4n) is 11.0. The van der Waals surface area contributed by atoms with E-state index in [9.17, 15) is 5.48 Å². The van der Waals surface area contributed by atoms with Crippen molar-refractivity contribution >= 4 is 54.6 Å². The number of para-hydroxylation sites is 5. The Morgan fingerprint density at radius 2 is 0.935 bits per heavy atom. The van der Waals surface area contributed by atoms with Crippen LogP contribution in [0.15, 0.2) is 255 Å². The molecular formula is C70H51N5OPt. The van der Waals surface area contributed by atoms with Crippen LogP contribution in [0.2, 0.25) is 0 Å². The third-order valence-electron chi connectivity index (χ3n) is 14.4. The number of aromatic nitrogens is 5. The summed E-state index contributed by atoms with van der Waals surface area (Å²) in [5.74, 6) is 1.88. The van der Waals surface area contributed by atoms with Gasteiger partial charge in [0.1, 0.15) is 0 Å². The van der Waals surface area contributed by atoms with Gasteiger partial charge in [0.2, 0.25) is 0 Å². The number of hydrogen-bond acceptors (Lipinski definition) is 2. The predicted molar refractivity (Wildman–Crippen MR) is 314 cm³/mol. The Bertz CT molecular complexity index is 5090. The van der Waals surface area contributed by atoms with Crippen molar-refractivity contribution in [2.75, 3.05) is 0 Å². The zero-order chi connectivity index (χ0) is 60.5. The van der Waals surface area contributed by atoms with Crippen LogP contribution in [0.25, 0.3) is 111 Å². The normalized spacial score (nSPS) is 13.7. The second kappa shape index (κ2) is 18.6. The first kappa shape index (κ1) is 36.8. The Kier molecular flexibility index (Phi) is 8.90. The van der Waals surface area contributed by atoms with E-state index in [0.29, 0.717) is 37.7 Å². The van der Waals surface area contributed by atoms with Crippen LogP contribution >= 0.6 is 0 Å². The van der Waals surface area contributed by atoms with E-state index in [1.807, 2.05) is 159 Å². The minimum absolute atomic E-state index is 0.145. The van der Waals surface area contributed by atoms with Gasteiger partial charge in [0.15, 0.2) is 0 Å². The van der Waals surface area contributed by atoms with Crippen molar-refractivity contribution in [1.29, 1.82) is 0 Å². The van der Waals surface area contributed by atoms with Gasteiger partial charge in [-0.2, -0.15) is 0 Å². The van der Waals surface area contributed by atoms with E-state index in [1.54, 1.807) is 12.1 Å². The topological polar surface area (TPSA) is 41.8 Å². The molecule has 4 heterocycles. The summed E-state index contributed by atoms with van der Waals surface area (Å²) in [4.78, 5) is 5.14. The molecule has 0 saturated carbocycles. The van der Waals surface area contributed by atoms with Crippen LogP contribution in [0.1, 0.15) is 40.0 Å². The van der Waals surface area contributed by atoms with E-state index in [0.717, 1.165) is 66.1 Å². The van der Waals surface area contributed by atoms with E-state index in [-0.39, 0.29) is 33.4 Å². The molecule has 14 rings (SSSR count). The van der Waals surface area contributed by atoms with Crippen LogP contribution in [0, 0.1) is 3.80 Å². The molecule has 0 radical (unpaired) electrons. The standard InChI is InChI=1S/C70H51N5O.Pt/c1-70(2,3)61-44-68(71-45-60(61)49-26-11-6-12-27-49)75-64-35-18-15-32-56(64)57-39-38-53(43-67(57)75)76-52-29-21-28-50(40-52)72-46-73(66-37-20-19-36-65(66)72)69-58(47-22-7-4-8-23-47)41-51(42-59(69)48-24-9-5-10-25-48)74-62-33-16-13-30-54(62)55-31-14-17-34-63(55)74;/h4-45H,1-3H3;/i4D,5D,7D,8D,9D,10D,22D,23D,24D,25D;. The van der Waals surface area contributed by atoms with Gasteiger partial charge in [-0.1, -0.05) is 63.2 Å². The summed E-state index contributed by atoms with van der Waals surface area (Å²) < 4.78 is 107. The monoisotopic (exact) mass is 1180 g/mol. The van der Waals surface area contributed by atoms with Crippen LogP contribution in [-0.4, -0.2) is 23.3 Å². The molecule has 0 atom stereocenters. The second-order valence-electron chi connectivity index (χ2n) is 20.0. The second-order valence-corrected chi connectivity index (χ2v) is 21.0. The van der Waals surface area contributed by atoms with Crippen molar-refractivity contribution in [3.63, 3.8) is 0 Å². The Hall–Kier alpha value is -9.09. The number of nitrogens with zero attached hydrogens (tertiary/aromatic N) is 5. The molecule has 0 amide bonds. The molecule has 0 aliphatic rings. The van der Waals surface area contributed by atoms with Crippen molar-refractivity contribution in [1.82, 2.24) is 23.3 Å². The number of pyridine rings is 1. The summed E-state index contributed by atoms with van der Waals surface area (Å²) in [5, 5.41) is 3.94. The average Bonchev–Trinajstić information content (AvgIpc) is 1.71. The molecule has 10 aromatic carbocycles. The van der Waals surface area contributed by atoms with Crippen molar-refractivity contribution in [3.05, 3.63) is 264 Å². The molecular weight excluding hydrogens is 1120 g/mol. The van der Waals surface area contributed by atoms with Crippen LogP contribution in [0.3, 0.4) is 0 Å². The van der Waals surface area contributed by atoms with Gasteiger partial charge in [-0.25, -0.2) is 0 Å². The summed E-state index contributed by atoms with van der Waals surface area (Å²) in [6.07, 6.45) is 1.98. The Morgan fingerprint density at radius 1 is 0.416 bits per heavy atom. The van der Waals surface area contributed by atoms with Gasteiger partial charge in [-0.3, -0.25) is 0 Å². The number of fused-ring (bicyclic) bond motifs is 7. The quantitative estimate of drug-likeness (QED) is 0.145. The van der Waals surface area contributed by atoms with Crippen LogP contribution in [-0.2, 0) is 24.8 Å². The van der Waals surface area contributed by atoms with Gasteiger partial charge in [-0.05, 0) is 16.5 Å². The maximum absolute atomic E-state index is 9.59. The molecule has 0 unspecified atom stereocenters. The molecule has 4 aromatic heterocycles. The number of benzene rings is 10. The molecule has 372 valence electrons. The summed E-state index contributed by atoms with van der Waals surface area (Å²) in [6.45, 7) is 6.66. The molecule has 6 nitrogen and oxygen atoms in total. The summed E-state index contributed by atoms with van der Waals surface area (Å²) >= 11 is 2.21. The summed E-state index contributed by atoms with van der Waals surface area (Å²) in [5.41, 5.74) is 9.26. The zero-order valence-corrected chi connectivity index (χ0v) is 44.2. The minimum atomic E-state index is -0.580. The third-order valence-corrected chi connectivity index (χ3v) is 15.4. The molecule has 0 bridgehead atoms. The molecule has 0 aliphatic heterocycles. The van der Waals surface area contributed by atoms with E-state index in [1.165, 1.54) is 0 Å². The molecule has 14 aromatic rings. The fourth-order valence-corrected chi connectivity index (χ4v) is 12.1. The first-order valence-corrected chi connectivity index (χ1v) is 26.4. The average molecular weight is 1180 g/mol. The van der Waals surface area contributed by atoms with E-state index >= 15 is 0 Å². The number of rotatable bonds is 9. The fraction of sp³-hybridized carbons (Fsp3) is 0.0571. The van der Waals surface area contributed by atoms with Gasteiger partial charge in [0.25, 0.3) is 0 Å². The van der Waals surface area contributed by atoms with Crippen molar-refractivity contribution in [2.24, 2.45) is 0 Å². The van der Waals surface area contributed by atoms with Crippen LogP contribution in [0.4, 0.5) is 0 Å². The van der Waals surface area contributed by atoms with E-state index < -0.39 is 60.4 Å². The molecule has 0 N–H and O–H groups in total. The van der Waals surface area contributed by atoms with Crippen molar-refractivity contribution < 1.29 is 37.8 Å². The van der Waals surface area contributed by atoms with Crippen LogP contribution < -0.4 is 4.74 Å². The molecule has 77 heavy (non-hydrogen) atoms. The van der Waals surface area contributed by atoms with Crippen LogP contribution in [0.5, 0.6) is 11.5 Å². The van der Waals surface area contributed by atoms with Gasteiger partial charge in [0.05, 0.1) is 0 Å². The summed E-state index contributed by atoms with van der Waals surface area (Å²) in [6, 6.07) is 56.1. The zero-order valence-electron chi connectivity index (χ0n) is 51.9. The summed E-state index contributed by atoms with van der Waals surface area (Å²) in [7, 11) is 0. The third kappa shape index (κ3) is 7.90. The maximum atomic E-state index is 9.59. The number of ether oxygens (including phenoxy) is 1. The Labute approximate surface area is 471 Å². The predicted octanol–water partition coefficient (Wildman–Crippen LogP) is 18.2. The van der Waals surface area contributed by atoms with E-state index in [2.05, 4.69) is 81.1 Å². The number of hydrogen-bond donors (Lipinski definition) is 0. The van der Waals surface area contributed by atoms with Gasteiger partial charge in [-0.15, -0.1) is 0 Å². The molecule has 0 aliphatic carbocycles. The van der Waals surface area contributed by atoms with Crippen molar-refractivity contribution in [2.45, 2.75) is 26.2 Å². The molecule has 7 heteroatoms. The molecule has 0 fully saturated rings. The molecule has 0 spiro atoms.